The van der Waals surface area contributed by atoms with Gasteiger partial charge >= 0.3 is 5.97 Å². The second-order valence-corrected chi connectivity index (χ2v) is 7.00. The summed E-state index contributed by atoms with van der Waals surface area (Å²) in [4.78, 5) is 28.1. The number of hydrogen-bond acceptors (Lipinski definition) is 5. The smallest absolute Gasteiger partial charge is 0.341 e. The van der Waals surface area contributed by atoms with Crippen LogP contribution in [0.25, 0.3) is 5.52 Å². The molecule has 1 N–H and O–H groups in total. The number of likely N-dealkylation sites (N-methyl/N-ethyl adjacent to an activating group) is 1. The number of aromatic nitrogens is 1. The summed E-state index contributed by atoms with van der Waals surface area (Å²) < 4.78 is 21.9. The molecular formula is C18H20FN3O4. The first-order valence-corrected chi connectivity index (χ1v) is 8.60. The minimum Gasteiger partial charge on any atom is -0.488 e. The van der Waals surface area contributed by atoms with Crippen LogP contribution in [0.1, 0.15) is 28.8 Å². The highest BCUT2D eigenvalue weighted by molar-refractivity contribution is 5.90. The van der Waals surface area contributed by atoms with Gasteiger partial charge in [-0.3, -0.25) is 9.20 Å². The van der Waals surface area contributed by atoms with Crippen LogP contribution in [-0.2, 0) is 0 Å². The first-order valence-electron chi connectivity index (χ1n) is 8.60. The molecule has 0 amide bonds. The number of carbonyl (C=O) groups is 1. The number of piperazine rings is 1. The number of carboxylic acid groups (broad SMARTS) is 1. The van der Waals surface area contributed by atoms with Crippen LogP contribution in [0.15, 0.2) is 17.1 Å². The molecule has 2 aliphatic heterocycles. The van der Waals surface area contributed by atoms with Crippen LogP contribution in [0.5, 0.6) is 5.75 Å². The van der Waals surface area contributed by atoms with Crippen molar-refractivity contribution in [2.24, 2.45) is 0 Å². The summed E-state index contributed by atoms with van der Waals surface area (Å²) in [5.41, 5.74) is 0.407. The number of aromatic carboxylic acids is 1. The number of nitrogens with zero attached hydrogens (tertiary/aromatic N) is 3. The second-order valence-electron chi connectivity index (χ2n) is 7.00. The van der Waals surface area contributed by atoms with Gasteiger partial charge in [-0.1, -0.05) is 6.92 Å². The number of hydrogen-bond donors (Lipinski definition) is 1. The van der Waals surface area contributed by atoms with Crippen LogP contribution in [0.2, 0.25) is 0 Å². The van der Waals surface area contributed by atoms with Crippen molar-refractivity contribution < 1.29 is 19.0 Å². The van der Waals surface area contributed by atoms with Crippen LogP contribution in [0.3, 0.4) is 0 Å². The maximum atomic E-state index is 15.0. The maximum Gasteiger partial charge on any atom is 0.341 e. The van der Waals surface area contributed by atoms with Crippen molar-refractivity contribution in [3.05, 3.63) is 39.6 Å². The zero-order valence-corrected chi connectivity index (χ0v) is 14.7. The number of ether oxygens (including phenoxy) is 1. The topological polar surface area (TPSA) is 74.5 Å². The first-order chi connectivity index (χ1) is 12.4. The van der Waals surface area contributed by atoms with Gasteiger partial charge in [0.05, 0.1) is 18.3 Å². The predicted molar refractivity (Wildman–Crippen MR) is 94.2 cm³/mol. The summed E-state index contributed by atoms with van der Waals surface area (Å²) in [6, 6.07) is 1.41. The third-order valence-corrected chi connectivity index (χ3v) is 5.22. The molecule has 0 saturated carbocycles. The van der Waals surface area contributed by atoms with E-state index in [-0.39, 0.29) is 11.5 Å². The lowest BCUT2D eigenvalue weighted by Gasteiger charge is -2.36. The molecule has 1 saturated heterocycles. The molecule has 4 rings (SSSR count). The van der Waals surface area contributed by atoms with E-state index in [0.29, 0.717) is 42.2 Å². The highest BCUT2D eigenvalue weighted by Crippen LogP contribution is 2.42. The van der Waals surface area contributed by atoms with E-state index in [9.17, 15) is 19.1 Å². The fourth-order valence-corrected chi connectivity index (χ4v) is 3.70. The number of rotatable bonds is 2. The van der Waals surface area contributed by atoms with E-state index in [4.69, 9.17) is 4.74 Å². The van der Waals surface area contributed by atoms with Crippen LogP contribution < -0.4 is 15.2 Å². The molecule has 4 heterocycles. The van der Waals surface area contributed by atoms with Crippen molar-refractivity contribution in [2.75, 3.05) is 44.7 Å². The molecule has 2 aliphatic rings. The summed E-state index contributed by atoms with van der Waals surface area (Å²) in [5.74, 6) is -1.66. The molecule has 2 aromatic heterocycles. The number of halogens is 1. The zero-order chi connectivity index (χ0) is 18.6. The van der Waals surface area contributed by atoms with Crippen LogP contribution in [0, 0.1) is 5.82 Å². The molecule has 7 nitrogen and oxygen atoms in total. The Kier molecular flexibility index (Phi) is 3.87. The maximum absolute atomic E-state index is 15.0. The van der Waals surface area contributed by atoms with Crippen molar-refractivity contribution in [3.63, 3.8) is 0 Å². The van der Waals surface area contributed by atoms with Crippen LogP contribution in [-0.4, -0.2) is 60.2 Å². The van der Waals surface area contributed by atoms with Gasteiger partial charge in [0, 0.05) is 32.1 Å². The molecule has 1 fully saturated rings. The quantitative estimate of drug-likeness (QED) is 0.871. The normalized spacial score (nSPS) is 20.3. The van der Waals surface area contributed by atoms with Gasteiger partial charge in [-0.15, -0.1) is 0 Å². The Labute approximate surface area is 149 Å². The number of carboxylic acids is 1. The third kappa shape index (κ3) is 2.44. The van der Waals surface area contributed by atoms with E-state index in [2.05, 4.69) is 4.90 Å². The van der Waals surface area contributed by atoms with Gasteiger partial charge in [0.15, 0.2) is 11.6 Å². The molecule has 8 heteroatoms. The Morgan fingerprint density at radius 2 is 2.00 bits per heavy atom. The minimum atomic E-state index is -1.32. The van der Waals surface area contributed by atoms with E-state index in [1.807, 2.05) is 18.9 Å². The fraction of sp³-hybridized carbons (Fsp3) is 0.444. The van der Waals surface area contributed by atoms with Gasteiger partial charge in [0.25, 0.3) is 5.56 Å². The van der Waals surface area contributed by atoms with Gasteiger partial charge in [-0.25, -0.2) is 9.18 Å². The van der Waals surface area contributed by atoms with E-state index in [0.717, 1.165) is 23.7 Å². The average molecular weight is 361 g/mol. The van der Waals surface area contributed by atoms with Gasteiger partial charge < -0.3 is 19.6 Å². The van der Waals surface area contributed by atoms with Crippen molar-refractivity contribution in [1.82, 2.24) is 9.30 Å². The standard InChI is InChI=1S/C18H20FN3O4/c1-10-9-26-16-14-11(10)7-12(18(24)25)17(23)22(14)8-13(19)15(16)21-5-3-20(2)4-6-21/h7-8,10H,3-6,9H2,1-2H3,(H,24,25)/t10-/m1/s1. The molecule has 138 valence electrons. The molecule has 0 aliphatic carbocycles. The Hall–Kier alpha value is -2.61. The summed E-state index contributed by atoms with van der Waals surface area (Å²) in [6.07, 6.45) is 1.09. The van der Waals surface area contributed by atoms with Gasteiger partial charge in [0.2, 0.25) is 0 Å². The Morgan fingerprint density at radius 1 is 1.31 bits per heavy atom. The molecule has 2 aromatic rings. The monoisotopic (exact) mass is 361 g/mol. The highest BCUT2D eigenvalue weighted by Gasteiger charge is 2.31. The lowest BCUT2D eigenvalue weighted by Crippen LogP contribution is -2.45. The Balaban J connectivity index is 2.00. The average Bonchev–Trinajstić information content (AvgIpc) is 2.60. The third-order valence-electron chi connectivity index (χ3n) is 5.22. The SMILES string of the molecule is C[C@@H]1COc2c(N3CCN(C)CC3)c(F)cn3c(=O)c(C(=O)O)cc1c23. The summed E-state index contributed by atoms with van der Waals surface area (Å²) in [7, 11) is 2.02. The van der Waals surface area contributed by atoms with E-state index in [1.54, 1.807) is 0 Å². The Morgan fingerprint density at radius 3 is 2.65 bits per heavy atom. The van der Waals surface area contributed by atoms with Crippen molar-refractivity contribution in [2.45, 2.75) is 12.8 Å². The van der Waals surface area contributed by atoms with E-state index in [1.165, 1.54) is 6.07 Å². The summed E-state index contributed by atoms with van der Waals surface area (Å²) >= 11 is 0. The minimum absolute atomic E-state index is 0.0954. The molecule has 1 atom stereocenters. The highest BCUT2D eigenvalue weighted by atomic mass is 19.1. The van der Waals surface area contributed by atoms with Gasteiger partial charge in [-0.05, 0) is 18.7 Å². The van der Waals surface area contributed by atoms with E-state index >= 15 is 0 Å². The van der Waals surface area contributed by atoms with Crippen molar-refractivity contribution >= 4 is 17.2 Å². The van der Waals surface area contributed by atoms with E-state index < -0.39 is 17.3 Å². The summed E-state index contributed by atoms with van der Waals surface area (Å²) in [5, 5.41) is 9.32. The molecule has 0 radical (unpaired) electrons. The zero-order valence-electron chi connectivity index (χ0n) is 14.7. The molecule has 0 bridgehead atoms. The fourth-order valence-electron chi connectivity index (χ4n) is 3.70. The predicted octanol–water partition coefficient (Wildman–Crippen LogP) is 1.38. The summed E-state index contributed by atoms with van der Waals surface area (Å²) in [6.45, 7) is 5.12. The largest absolute Gasteiger partial charge is 0.488 e. The molecule has 26 heavy (non-hydrogen) atoms. The molecule has 0 spiro atoms. The van der Waals surface area contributed by atoms with Gasteiger partial charge in [-0.2, -0.15) is 0 Å². The number of pyridine rings is 2. The molecule has 0 unspecified atom stereocenters. The first kappa shape index (κ1) is 16.8. The van der Waals surface area contributed by atoms with Gasteiger partial charge in [0.1, 0.15) is 11.3 Å². The van der Waals surface area contributed by atoms with Crippen molar-refractivity contribution in [1.29, 1.82) is 0 Å². The number of anilines is 1. The van der Waals surface area contributed by atoms with Crippen LogP contribution in [0.4, 0.5) is 10.1 Å². The van der Waals surface area contributed by atoms with Crippen LogP contribution >= 0.6 is 0 Å². The lowest BCUT2D eigenvalue weighted by molar-refractivity contribution is 0.0694. The Bertz CT molecular complexity index is 963. The lowest BCUT2D eigenvalue weighted by atomic mass is 9.96. The van der Waals surface area contributed by atoms with Crippen molar-refractivity contribution in [3.8, 4) is 5.75 Å². The molecular weight excluding hydrogens is 341 g/mol. The molecule has 0 aromatic carbocycles. The second kappa shape index (κ2) is 5.98.